The Kier molecular flexibility index (Phi) is 6.12. The van der Waals surface area contributed by atoms with E-state index in [2.05, 4.69) is 15.0 Å². The standard InChI is InChI=1S/C19H15F2N3O5/c1-27-15-8-4-5-12(17(15)29-19(20)21)9-10-16(25)28-11-24-18(26)13-6-2-3-7-14(13)22-23-24/h2-10,19H,11H2,1H3/b10-9+. The maximum absolute atomic E-state index is 12.6. The largest absolute Gasteiger partial charge is 0.493 e. The van der Waals surface area contributed by atoms with E-state index in [4.69, 9.17) is 9.47 Å². The topological polar surface area (TPSA) is 92.5 Å². The number of methoxy groups -OCH3 is 1. The van der Waals surface area contributed by atoms with Gasteiger partial charge in [0, 0.05) is 11.6 Å². The van der Waals surface area contributed by atoms with Gasteiger partial charge in [-0.3, -0.25) is 4.79 Å². The van der Waals surface area contributed by atoms with E-state index in [0.29, 0.717) is 10.9 Å². The summed E-state index contributed by atoms with van der Waals surface area (Å²) in [6.45, 7) is -3.53. The Bertz CT molecular complexity index is 1110. The number of para-hydroxylation sites is 1. The third-order valence-electron chi connectivity index (χ3n) is 3.79. The summed E-state index contributed by atoms with van der Waals surface area (Å²) in [6.07, 6.45) is 2.24. The lowest BCUT2D eigenvalue weighted by molar-refractivity contribution is -0.141. The molecule has 8 nitrogen and oxygen atoms in total. The molecule has 29 heavy (non-hydrogen) atoms. The third kappa shape index (κ3) is 4.72. The highest BCUT2D eigenvalue weighted by atomic mass is 19.3. The van der Waals surface area contributed by atoms with E-state index in [1.54, 1.807) is 30.3 Å². The Hall–Kier alpha value is -3.82. The van der Waals surface area contributed by atoms with Crippen LogP contribution < -0.4 is 15.0 Å². The molecule has 3 aromatic rings. The highest BCUT2D eigenvalue weighted by Gasteiger charge is 2.14. The molecule has 0 radical (unpaired) electrons. The fraction of sp³-hybridized carbons (Fsp3) is 0.158. The maximum atomic E-state index is 12.6. The van der Waals surface area contributed by atoms with E-state index in [9.17, 15) is 18.4 Å². The van der Waals surface area contributed by atoms with Crippen molar-refractivity contribution in [1.82, 2.24) is 15.0 Å². The van der Waals surface area contributed by atoms with Crippen molar-refractivity contribution in [3.8, 4) is 11.5 Å². The number of alkyl halides is 2. The van der Waals surface area contributed by atoms with Crippen LogP contribution in [-0.4, -0.2) is 34.7 Å². The van der Waals surface area contributed by atoms with Crippen LogP contribution in [0.1, 0.15) is 5.56 Å². The minimum atomic E-state index is -3.07. The predicted molar refractivity (Wildman–Crippen MR) is 98.6 cm³/mol. The highest BCUT2D eigenvalue weighted by Crippen LogP contribution is 2.33. The van der Waals surface area contributed by atoms with Crippen LogP contribution in [0.15, 0.2) is 53.3 Å². The van der Waals surface area contributed by atoms with E-state index < -0.39 is 24.9 Å². The molecular weight excluding hydrogens is 388 g/mol. The number of benzene rings is 2. The van der Waals surface area contributed by atoms with Crippen LogP contribution >= 0.6 is 0 Å². The first-order chi connectivity index (χ1) is 14.0. The molecule has 0 saturated carbocycles. The molecule has 3 rings (SSSR count). The molecule has 1 heterocycles. The third-order valence-corrected chi connectivity index (χ3v) is 3.79. The summed E-state index contributed by atoms with van der Waals surface area (Å²) in [5.41, 5.74) is 0.140. The van der Waals surface area contributed by atoms with Crippen molar-refractivity contribution in [1.29, 1.82) is 0 Å². The Labute approximate surface area is 162 Å². The normalized spacial score (nSPS) is 11.2. The van der Waals surface area contributed by atoms with Gasteiger partial charge in [0.1, 0.15) is 5.52 Å². The zero-order valence-electron chi connectivity index (χ0n) is 15.1. The number of carbonyl (C=O) groups excluding carboxylic acids is 1. The van der Waals surface area contributed by atoms with Crippen molar-refractivity contribution in [3.05, 3.63) is 64.5 Å². The number of nitrogens with zero attached hydrogens (tertiary/aromatic N) is 3. The average molecular weight is 403 g/mol. The fourth-order valence-electron chi connectivity index (χ4n) is 2.48. The molecule has 0 N–H and O–H groups in total. The number of hydrogen-bond donors (Lipinski definition) is 0. The molecule has 0 bridgehead atoms. The lowest BCUT2D eigenvalue weighted by Gasteiger charge is -2.12. The van der Waals surface area contributed by atoms with Crippen LogP contribution in [0.25, 0.3) is 17.0 Å². The molecule has 0 aliphatic carbocycles. The SMILES string of the molecule is COc1cccc(/C=C/C(=O)OCn2nnc3ccccc3c2=O)c1OC(F)F. The quantitative estimate of drug-likeness (QED) is 0.442. The summed E-state index contributed by atoms with van der Waals surface area (Å²) in [4.78, 5) is 24.2. The van der Waals surface area contributed by atoms with Crippen LogP contribution in [0, 0.1) is 0 Å². The van der Waals surface area contributed by atoms with Gasteiger partial charge < -0.3 is 14.2 Å². The molecule has 0 atom stereocenters. The summed E-state index contributed by atoms with van der Waals surface area (Å²) in [5.74, 6) is -0.956. The average Bonchev–Trinajstić information content (AvgIpc) is 2.72. The van der Waals surface area contributed by atoms with Crippen LogP contribution in [0.3, 0.4) is 0 Å². The Morgan fingerprint density at radius 3 is 2.76 bits per heavy atom. The molecule has 150 valence electrons. The molecular formula is C19H15F2N3O5. The van der Waals surface area contributed by atoms with E-state index in [1.165, 1.54) is 25.3 Å². The first kappa shape index (κ1) is 19.9. The van der Waals surface area contributed by atoms with Gasteiger partial charge in [0.2, 0.25) is 0 Å². The van der Waals surface area contributed by atoms with E-state index >= 15 is 0 Å². The van der Waals surface area contributed by atoms with E-state index in [0.717, 1.165) is 10.8 Å². The monoisotopic (exact) mass is 403 g/mol. The lowest BCUT2D eigenvalue weighted by atomic mass is 10.1. The number of carbonyl (C=O) groups is 1. The van der Waals surface area contributed by atoms with Gasteiger partial charge in [-0.1, -0.05) is 29.5 Å². The van der Waals surface area contributed by atoms with Gasteiger partial charge in [0.05, 0.1) is 12.5 Å². The highest BCUT2D eigenvalue weighted by molar-refractivity contribution is 5.87. The van der Waals surface area contributed by atoms with Gasteiger partial charge in [0.15, 0.2) is 18.2 Å². The molecule has 0 fully saturated rings. The molecule has 0 aliphatic heterocycles. The van der Waals surface area contributed by atoms with Gasteiger partial charge in [-0.05, 0) is 24.3 Å². The molecule has 0 spiro atoms. The van der Waals surface area contributed by atoms with E-state index in [-0.39, 0.29) is 17.1 Å². The zero-order valence-corrected chi connectivity index (χ0v) is 15.1. The zero-order chi connectivity index (χ0) is 20.8. The fourth-order valence-corrected chi connectivity index (χ4v) is 2.48. The minimum absolute atomic E-state index is 0.0822. The number of esters is 1. The lowest BCUT2D eigenvalue weighted by Crippen LogP contribution is -2.26. The number of hydrogen-bond acceptors (Lipinski definition) is 7. The molecule has 1 aromatic heterocycles. The van der Waals surface area contributed by atoms with Crippen LogP contribution in [0.5, 0.6) is 11.5 Å². The Morgan fingerprint density at radius 1 is 1.21 bits per heavy atom. The van der Waals surface area contributed by atoms with Gasteiger partial charge in [0.25, 0.3) is 5.56 Å². The van der Waals surface area contributed by atoms with Gasteiger partial charge in [-0.15, -0.1) is 5.10 Å². The summed E-state index contributed by atoms with van der Waals surface area (Å²) in [5, 5.41) is 7.91. The summed E-state index contributed by atoms with van der Waals surface area (Å²) < 4.78 is 40.6. The van der Waals surface area contributed by atoms with Crippen molar-refractivity contribution in [3.63, 3.8) is 0 Å². The van der Waals surface area contributed by atoms with Gasteiger partial charge in [-0.25, -0.2) is 4.79 Å². The first-order valence-corrected chi connectivity index (χ1v) is 8.29. The summed E-state index contributed by atoms with van der Waals surface area (Å²) in [6, 6.07) is 11.1. The number of rotatable bonds is 7. The second-order valence-corrected chi connectivity index (χ2v) is 5.59. The number of halogens is 2. The second-order valence-electron chi connectivity index (χ2n) is 5.59. The van der Waals surface area contributed by atoms with Crippen molar-refractivity contribution in [2.24, 2.45) is 0 Å². The van der Waals surface area contributed by atoms with E-state index in [1.807, 2.05) is 0 Å². The Morgan fingerprint density at radius 2 is 2.00 bits per heavy atom. The predicted octanol–water partition coefficient (Wildman–Crippen LogP) is 2.62. The summed E-state index contributed by atoms with van der Waals surface area (Å²) >= 11 is 0. The molecule has 0 aliphatic rings. The van der Waals surface area contributed by atoms with Crippen molar-refractivity contribution >= 4 is 22.9 Å². The van der Waals surface area contributed by atoms with Crippen LogP contribution in [0.2, 0.25) is 0 Å². The van der Waals surface area contributed by atoms with Crippen molar-refractivity contribution < 1.29 is 27.8 Å². The minimum Gasteiger partial charge on any atom is -0.493 e. The van der Waals surface area contributed by atoms with Crippen LogP contribution in [-0.2, 0) is 16.3 Å². The second kappa shape index (κ2) is 8.91. The number of ether oxygens (including phenoxy) is 3. The number of fused-ring (bicyclic) bond motifs is 1. The van der Waals surface area contributed by atoms with Gasteiger partial charge in [-0.2, -0.15) is 13.5 Å². The Balaban J connectivity index is 1.72. The van der Waals surface area contributed by atoms with Gasteiger partial charge >= 0.3 is 12.6 Å². The van der Waals surface area contributed by atoms with Crippen molar-refractivity contribution in [2.45, 2.75) is 13.3 Å². The summed E-state index contributed by atoms with van der Waals surface area (Å²) in [7, 11) is 1.30. The number of aromatic nitrogens is 3. The molecule has 2 aromatic carbocycles. The first-order valence-electron chi connectivity index (χ1n) is 8.29. The molecule has 0 unspecified atom stereocenters. The molecule has 0 saturated heterocycles. The van der Waals surface area contributed by atoms with Crippen molar-refractivity contribution in [2.75, 3.05) is 7.11 Å². The maximum Gasteiger partial charge on any atom is 0.387 e. The van der Waals surface area contributed by atoms with Crippen LogP contribution in [0.4, 0.5) is 8.78 Å². The smallest absolute Gasteiger partial charge is 0.387 e. The molecule has 10 heteroatoms. The molecule has 0 amide bonds.